The predicted molar refractivity (Wildman–Crippen MR) is 73.7 cm³/mol. The molecule has 4 heteroatoms. The molecule has 1 aromatic heterocycles. The molecule has 3 rings (SSSR count). The van der Waals surface area contributed by atoms with Gasteiger partial charge in [-0.15, -0.1) is 12.4 Å². The molecule has 0 N–H and O–H groups in total. The Bertz CT molecular complexity index is 478. The minimum atomic E-state index is 0. The zero-order valence-corrected chi connectivity index (χ0v) is 11.0. The zero-order chi connectivity index (χ0) is 11.5. The van der Waals surface area contributed by atoms with Gasteiger partial charge in [0.2, 0.25) is 0 Å². The van der Waals surface area contributed by atoms with Crippen LogP contribution in [0.25, 0.3) is 11.3 Å². The summed E-state index contributed by atoms with van der Waals surface area (Å²) in [6, 6.07) is 12.2. The molecule has 1 saturated heterocycles. The van der Waals surface area contributed by atoms with Crippen molar-refractivity contribution in [1.29, 1.82) is 0 Å². The lowest BCUT2D eigenvalue weighted by molar-refractivity contribution is 0.274. The molecule has 0 bridgehead atoms. The fourth-order valence-corrected chi connectivity index (χ4v) is 2.29. The topological polar surface area (TPSA) is 29.3 Å². The van der Waals surface area contributed by atoms with Crippen LogP contribution in [0.3, 0.4) is 0 Å². The maximum Gasteiger partial charge on any atom is 0.151 e. The largest absolute Gasteiger partial charge is 0.359 e. The monoisotopic (exact) mass is 264 g/mol. The molecule has 18 heavy (non-hydrogen) atoms. The zero-order valence-electron chi connectivity index (χ0n) is 10.2. The van der Waals surface area contributed by atoms with E-state index in [9.17, 15) is 0 Å². The van der Waals surface area contributed by atoms with Crippen molar-refractivity contribution < 1.29 is 4.52 Å². The van der Waals surface area contributed by atoms with Gasteiger partial charge in [0.25, 0.3) is 0 Å². The van der Waals surface area contributed by atoms with Gasteiger partial charge >= 0.3 is 0 Å². The quantitative estimate of drug-likeness (QED) is 0.851. The van der Waals surface area contributed by atoms with E-state index in [0.717, 1.165) is 23.6 Å². The van der Waals surface area contributed by atoms with Crippen molar-refractivity contribution in [2.75, 3.05) is 13.1 Å². The fourth-order valence-electron chi connectivity index (χ4n) is 2.29. The van der Waals surface area contributed by atoms with Crippen molar-refractivity contribution in [1.82, 2.24) is 10.1 Å². The first kappa shape index (κ1) is 13.1. The van der Waals surface area contributed by atoms with Crippen LogP contribution in [0, 0.1) is 0 Å². The average Bonchev–Trinajstić information content (AvgIpc) is 3.02. The van der Waals surface area contributed by atoms with E-state index in [0.29, 0.717) is 0 Å². The van der Waals surface area contributed by atoms with Gasteiger partial charge in [0.05, 0.1) is 6.54 Å². The van der Waals surface area contributed by atoms with E-state index in [1.54, 1.807) is 0 Å². The van der Waals surface area contributed by atoms with Crippen LogP contribution in [-0.2, 0) is 6.54 Å². The highest BCUT2D eigenvalue weighted by atomic mass is 35.5. The lowest BCUT2D eigenvalue weighted by Crippen LogP contribution is -2.17. The van der Waals surface area contributed by atoms with Crippen molar-refractivity contribution >= 4 is 12.4 Å². The molecule has 2 heterocycles. The lowest BCUT2D eigenvalue weighted by Gasteiger charge is -2.10. The minimum Gasteiger partial charge on any atom is -0.359 e. The Morgan fingerprint density at radius 2 is 1.83 bits per heavy atom. The van der Waals surface area contributed by atoms with Crippen molar-refractivity contribution in [2.45, 2.75) is 19.4 Å². The Labute approximate surface area is 113 Å². The van der Waals surface area contributed by atoms with Crippen molar-refractivity contribution in [3.05, 3.63) is 42.2 Å². The van der Waals surface area contributed by atoms with Gasteiger partial charge in [0, 0.05) is 11.6 Å². The van der Waals surface area contributed by atoms with Gasteiger partial charge < -0.3 is 4.52 Å². The van der Waals surface area contributed by atoms with Crippen LogP contribution < -0.4 is 0 Å². The van der Waals surface area contributed by atoms with Gasteiger partial charge in [-0.25, -0.2) is 0 Å². The van der Waals surface area contributed by atoms with Crippen LogP contribution in [0.4, 0.5) is 0 Å². The van der Waals surface area contributed by atoms with E-state index >= 15 is 0 Å². The van der Waals surface area contributed by atoms with Crippen LogP contribution in [-0.4, -0.2) is 23.1 Å². The Balaban J connectivity index is 0.00000120. The van der Waals surface area contributed by atoms with Crippen molar-refractivity contribution in [3.63, 3.8) is 0 Å². The second-order valence-corrected chi connectivity index (χ2v) is 4.53. The van der Waals surface area contributed by atoms with E-state index in [1.165, 1.54) is 25.9 Å². The van der Waals surface area contributed by atoms with Crippen LogP contribution >= 0.6 is 12.4 Å². The smallest absolute Gasteiger partial charge is 0.151 e. The summed E-state index contributed by atoms with van der Waals surface area (Å²) in [5, 5.41) is 4.13. The van der Waals surface area contributed by atoms with Gasteiger partial charge in [0.15, 0.2) is 5.76 Å². The van der Waals surface area contributed by atoms with E-state index in [4.69, 9.17) is 4.52 Å². The standard InChI is InChI=1S/C14H16N2O.ClH/c1-2-6-12(7-3-1)14-10-13(17-15-14)11-16-8-4-5-9-16;/h1-3,6-7,10H,4-5,8-9,11H2;1H. The van der Waals surface area contributed by atoms with E-state index < -0.39 is 0 Å². The molecule has 0 saturated carbocycles. The molecule has 0 atom stereocenters. The number of hydrogen-bond acceptors (Lipinski definition) is 3. The number of halogens is 1. The number of aromatic nitrogens is 1. The summed E-state index contributed by atoms with van der Waals surface area (Å²) in [6.07, 6.45) is 2.61. The minimum absolute atomic E-state index is 0. The van der Waals surface area contributed by atoms with Gasteiger partial charge in [0.1, 0.15) is 5.69 Å². The van der Waals surface area contributed by atoms with Gasteiger partial charge in [-0.1, -0.05) is 35.5 Å². The van der Waals surface area contributed by atoms with E-state index in [2.05, 4.69) is 22.2 Å². The third-order valence-corrected chi connectivity index (χ3v) is 3.21. The Kier molecular flexibility index (Phi) is 4.39. The summed E-state index contributed by atoms with van der Waals surface area (Å²) in [5.41, 5.74) is 2.05. The maximum atomic E-state index is 5.39. The summed E-state index contributed by atoms with van der Waals surface area (Å²) < 4.78 is 5.39. The normalized spacial score (nSPS) is 15.6. The number of rotatable bonds is 3. The first-order valence-electron chi connectivity index (χ1n) is 6.15. The van der Waals surface area contributed by atoms with Gasteiger partial charge in [-0.3, -0.25) is 4.90 Å². The maximum absolute atomic E-state index is 5.39. The second-order valence-electron chi connectivity index (χ2n) is 4.53. The molecule has 1 aliphatic rings. The molecular weight excluding hydrogens is 248 g/mol. The first-order valence-corrected chi connectivity index (χ1v) is 6.15. The van der Waals surface area contributed by atoms with Crippen molar-refractivity contribution in [2.24, 2.45) is 0 Å². The Morgan fingerprint density at radius 1 is 1.11 bits per heavy atom. The summed E-state index contributed by atoms with van der Waals surface area (Å²) in [7, 11) is 0. The molecule has 1 fully saturated rings. The molecule has 96 valence electrons. The molecule has 0 radical (unpaired) electrons. The molecule has 0 aliphatic carbocycles. The van der Waals surface area contributed by atoms with Crippen LogP contribution in [0.15, 0.2) is 40.9 Å². The number of hydrogen-bond donors (Lipinski definition) is 0. The Hall–Kier alpha value is -1.32. The first-order chi connectivity index (χ1) is 8.42. The third-order valence-electron chi connectivity index (χ3n) is 3.21. The molecule has 2 aromatic rings. The summed E-state index contributed by atoms with van der Waals surface area (Å²) in [4.78, 5) is 2.41. The lowest BCUT2D eigenvalue weighted by atomic mass is 10.1. The molecule has 0 unspecified atom stereocenters. The Morgan fingerprint density at radius 3 is 2.56 bits per heavy atom. The molecular formula is C14H17ClN2O. The summed E-state index contributed by atoms with van der Waals surface area (Å²) in [6.45, 7) is 3.25. The van der Waals surface area contributed by atoms with E-state index in [-0.39, 0.29) is 12.4 Å². The van der Waals surface area contributed by atoms with Gasteiger partial charge in [-0.2, -0.15) is 0 Å². The highest BCUT2D eigenvalue weighted by Gasteiger charge is 2.14. The van der Waals surface area contributed by atoms with Crippen LogP contribution in [0.5, 0.6) is 0 Å². The number of nitrogens with zero attached hydrogens (tertiary/aromatic N) is 2. The van der Waals surface area contributed by atoms with Crippen molar-refractivity contribution in [3.8, 4) is 11.3 Å². The molecule has 0 amide bonds. The highest BCUT2D eigenvalue weighted by Crippen LogP contribution is 2.20. The molecule has 1 aliphatic heterocycles. The summed E-state index contributed by atoms with van der Waals surface area (Å²) in [5.74, 6) is 0.964. The molecule has 1 aromatic carbocycles. The summed E-state index contributed by atoms with van der Waals surface area (Å²) >= 11 is 0. The third kappa shape index (κ3) is 2.92. The number of benzene rings is 1. The highest BCUT2D eigenvalue weighted by molar-refractivity contribution is 5.85. The molecule has 3 nitrogen and oxygen atoms in total. The molecule has 0 spiro atoms. The fraction of sp³-hybridized carbons (Fsp3) is 0.357. The van der Waals surface area contributed by atoms with Crippen LogP contribution in [0.2, 0.25) is 0 Å². The van der Waals surface area contributed by atoms with Gasteiger partial charge in [-0.05, 0) is 25.9 Å². The average molecular weight is 265 g/mol. The van der Waals surface area contributed by atoms with Crippen LogP contribution in [0.1, 0.15) is 18.6 Å². The second kappa shape index (κ2) is 6.03. The number of likely N-dealkylation sites (tertiary alicyclic amines) is 1. The SMILES string of the molecule is Cl.c1ccc(-c2cc(CN3CCCC3)on2)cc1. The predicted octanol–water partition coefficient (Wildman–Crippen LogP) is 3.36. The van der Waals surface area contributed by atoms with E-state index in [1.807, 2.05) is 24.3 Å².